The van der Waals surface area contributed by atoms with Gasteiger partial charge in [-0.25, -0.2) is 8.42 Å². The molecule has 0 aromatic heterocycles. The Labute approximate surface area is 158 Å². The third kappa shape index (κ3) is 3.71. The van der Waals surface area contributed by atoms with Gasteiger partial charge in [0.25, 0.3) is 10.0 Å². The monoisotopic (exact) mass is 391 g/mol. The summed E-state index contributed by atoms with van der Waals surface area (Å²) in [6.07, 6.45) is 0.343. The first-order chi connectivity index (χ1) is 12.9. The lowest BCUT2D eigenvalue weighted by Gasteiger charge is -2.20. The topological polar surface area (TPSA) is 93.1 Å². The molecule has 2 aromatic carbocycles. The highest BCUT2D eigenvalue weighted by molar-refractivity contribution is 7.92. The average Bonchev–Trinajstić information content (AvgIpc) is 3.05. The van der Waals surface area contributed by atoms with Crippen LogP contribution in [0.15, 0.2) is 47.4 Å². The summed E-state index contributed by atoms with van der Waals surface area (Å²) >= 11 is 0. The van der Waals surface area contributed by atoms with E-state index in [1.54, 1.807) is 24.3 Å². The summed E-state index contributed by atoms with van der Waals surface area (Å²) in [5.41, 5.74) is 1.34. The van der Waals surface area contributed by atoms with Gasteiger partial charge in [-0.15, -0.1) is 0 Å². The standard InChI is InChI=1S/C19H21NO6S/c1-25-14-4-7-16(8-5-14)27(23,24)20-12-13(3-10-19(21)22)17-9-6-15(26-2)11-18(17)20/h4-9,11,13H,3,10,12H2,1-2H3,(H,21,22). The van der Waals surface area contributed by atoms with Gasteiger partial charge in [-0.05, 0) is 42.3 Å². The van der Waals surface area contributed by atoms with E-state index >= 15 is 0 Å². The molecule has 0 spiro atoms. The summed E-state index contributed by atoms with van der Waals surface area (Å²) in [5, 5.41) is 8.99. The van der Waals surface area contributed by atoms with Gasteiger partial charge in [0.15, 0.2) is 0 Å². The summed E-state index contributed by atoms with van der Waals surface area (Å²) in [6.45, 7) is 0.199. The van der Waals surface area contributed by atoms with Crippen molar-refractivity contribution in [2.24, 2.45) is 0 Å². The van der Waals surface area contributed by atoms with Crippen LogP contribution in [-0.2, 0) is 14.8 Å². The number of hydrogen-bond donors (Lipinski definition) is 1. The van der Waals surface area contributed by atoms with Crippen LogP contribution in [0, 0.1) is 0 Å². The summed E-state index contributed by atoms with van der Waals surface area (Å²) in [5.74, 6) is 0.0240. The number of aliphatic carboxylic acids is 1. The molecule has 1 atom stereocenters. The normalized spacial score (nSPS) is 16.1. The largest absolute Gasteiger partial charge is 0.497 e. The van der Waals surface area contributed by atoms with E-state index in [1.165, 1.54) is 30.7 Å². The van der Waals surface area contributed by atoms with Crippen molar-refractivity contribution in [3.63, 3.8) is 0 Å². The van der Waals surface area contributed by atoms with Crippen molar-refractivity contribution in [2.45, 2.75) is 23.7 Å². The van der Waals surface area contributed by atoms with E-state index in [0.29, 0.717) is 23.6 Å². The zero-order valence-electron chi connectivity index (χ0n) is 15.1. The minimum Gasteiger partial charge on any atom is -0.497 e. The zero-order chi connectivity index (χ0) is 19.6. The van der Waals surface area contributed by atoms with Crippen LogP contribution in [0.5, 0.6) is 11.5 Å². The molecule has 1 N–H and O–H groups in total. The van der Waals surface area contributed by atoms with E-state index < -0.39 is 16.0 Å². The van der Waals surface area contributed by atoms with Crippen molar-refractivity contribution in [3.05, 3.63) is 48.0 Å². The molecule has 27 heavy (non-hydrogen) atoms. The number of nitrogens with zero attached hydrogens (tertiary/aromatic N) is 1. The van der Waals surface area contributed by atoms with Crippen LogP contribution in [0.4, 0.5) is 5.69 Å². The molecule has 1 aliphatic rings. The highest BCUT2D eigenvalue weighted by Crippen LogP contribution is 2.43. The van der Waals surface area contributed by atoms with Crippen LogP contribution < -0.4 is 13.8 Å². The fourth-order valence-electron chi connectivity index (χ4n) is 3.26. The molecule has 7 nitrogen and oxygen atoms in total. The lowest BCUT2D eigenvalue weighted by atomic mass is 9.96. The van der Waals surface area contributed by atoms with Gasteiger partial charge >= 0.3 is 5.97 Å². The Morgan fingerprint density at radius 1 is 1.11 bits per heavy atom. The molecule has 0 bridgehead atoms. The summed E-state index contributed by atoms with van der Waals surface area (Å²) in [6, 6.07) is 11.4. The fraction of sp³-hybridized carbons (Fsp3) is 0.316. The van der Waals surface area contributed by atoms with E-state index in [0.717, 1.165) is 5.56 Å². The Morgan fingerprint density at radius 2 is 1.74 bits per heavy atom. The number of rotatable bonds is 7. The number of methoxy groups -OCH3 is 2. The predicted molar refractivity (Wildman–Crippen MR) is 100 cm³/mol. The SMILES string of the molecule is COc1ccc(S(=O)(=O)N2CC(CCC(=O)O)c3ccc(OC)cc32)cc1. The van der Waals surface area contributed by atoms with Crippen molar-refractivity contribution in [1.82, 2.24) is 0 Å². The molecule has 0 aliphatic carbocycles. The number of carbonyl (C=O) groups is 1. The second-order valence-corrected chi connectivity index (χ2v) is 8.13. The number of hydrogen-bond acceptors (Lipinski definition) is 5. The maximum atomic E-state index is 13.2. The lowest BCUT2D eigenvalue weighted by Crippen LogP contribution is -2.30. The molecule has 1 unspecified atom stereocenters. The summed E-state index contributed by atoms with van der Waals surface area (Å²) in [7, 11) is -0.771. The van der Waals surface area contributed by atoms with Crippen molar-refractivity contribution >= 4 is 21.7 Å². The highest BCUT2D eigenvalue weighted by Gasteiger charge is 2.37. The summed E-state index contributed by atoms with van der Waals surface area (Å²) < 4.78 is 38.1. The Bertz CT molecular complexity index is 939. The molecule has 0 fully saturated rings. The van der Waals surface area contributed by atoms with Crippen molar-refractivity contribution < 1.29 is 27.8 Å². The van der Waals surface area contributed by atoms with Gasteiger partial charge < -0.3 is 14.6 Å². The molecule has 1 aliphatic heterocycles. The maximum absolute atomic E-state index is 13.2. The number of fused-ring (bicyclic) bond motifs is 1. The van der Waals surface area contributed by atoms with Gasteiger partial charge in [-0.1, -0.05) is 6.07 Å². The molecule has 2 aromatic rings. The Kier molecular flexibility index (Phi) is 5.27. The van der Waals surface area contributed by atoms with Crippen LogP contribution >= 0.6 is 0 Å². The molecule has 1 heterocycles. The minimum absolute atomic E-state index is 0.0213. The Hall–Kier alpha value is -2.74. The number of benzene rings is 2. The van der Waals surface area contributed by atoms with Gasteiger partial charge in [-0.2, -0.15) is 0 Å². The quantitative estimate of drug-likeness (QED) is 0.780. The highest BCUT2D eigenvalue weighted by atomic mass is 32.2. The fourth-order valence-corrected chi connectivity index (χ4v) is 4.78. The number of ether oxygens (including phenoxy) is 2. The van der Waals surface area contributed by atoms with Crippen LogP contribution in [0.25, 0.3) is 0 Å². The van der Waals surface area contributed by atoms with Crippen molar-refractivity contribution in [1.29, 1.82) is 0 Å². The van der Waals surface area contributed by atoms with Crippen molar-refractivity contribution in [3.8, 4) is 11.5 Å². The Balaban J connectivity index is 2.00. The van der Waals surface area contributed by atoms with Crippen molar-refractivity contribution in [2.75, 3.05) is 25.1 Å². The first kappa shape index (κ1) is 19.0. The molecule has 0 saturated heterocycles. The smallest absolute Gasteiger partial charge is 0.303 e. The second kappa shape index (κ2) is 7.48. The first-order valence-corrected chi connectivity index (χ1v) is 9.87. The zero-order valence-corrected chi connectivity index (χ0v) is 15.9. The van der Waals surface area contributed by atoms with Gasteiger partial charge in [0.2, 0.25) is 0 Å². The Morgan fingerprint density at radius 3 is 2.33 bits per heavy atom. The predicted octanol–water partition coefficient (Wildman–Crippen LogP) is 2.86. The van der Waals surface area contributed by atoms with Crippen LogP contribution in [0.2, 0.25) is 0 Å². The number of carboxylic acid groups (broad SMARTS) is 1. The van der Waals surface area contributed by atoms with E-state index in [4.69, 9.17) is 14.6 Å². The first-order valence-electron chi connectivity index (χ1n) is 8.43. The van der Waals surface area contributed by atoms with E-state index in [1.807, 2.05) is 6.07 Å². The molecular formula is C19H21NO6S. The number of sulfonamides is 1. The third-order valence-corrected chi connectivity index (χ3v) is 6.48. The molecule has 144 valence electrons. The molecule has 3 rings (SSSR count). The van der Waals surface area contributed by atoms with E-state index in [-0.39, 0.29) is 23.8 Å². The molecule has 0 saturated carbocycles. The van der Waals surface area contributed by atoms with Crippen LogP contribution in [-0.4, -0.2) is 40.3 Å². The minimum atomic E-state index is -3.80. The number of anilines is 1. The average molecular weight is 391 g/mol. The molecular weight excluding hydrogens is 370 g/mol. The molecule has 8 heteroatoms. The molecule has 0 radical (unpaired) electrons. The van der Waals surface area contributed by atoms with Crippen LogP contribution in [0.1, 0.15) is 24.3 Å². The molecule has 0 amide bonds. The number of carboxylic acids is 1. The lowest BCUT2D eigenvalue weighted by molar-refractivity contribution is -0.137. The summed E-state index contributed by atoms with van der Waals surface area (Å²) in [4.78, 5) is 11.1. The maximum Gasteiger partial charge on any atom is 0.303 e. The van der Waals surface area contributed by atoms with Gasteiger partial charge in [0.1, 0.15) is 11.5 Å². The van der Waals surface area contributed by atoms with Gasteiger partial charge in [-0.3, -0.25) is 9.10 Å². The van der Waals surface area contributed by atoms with E-state index in [2.05, 4.69) is 0 Å². The van der Waals surface area contributed by atoms with Crippen LogP contribution in [0.3, 0.4) is 0 Å². The third-order valence-electron chi connectivity index (χ3n) is 4.69. The van der Waals surface area contributed by atoms with E-state index in [9.17, 15) is 13.2 Å². The van der Waals surface area contributed by atoms with Gasteiger partial charge in [0.05, 0.1) is 24.8 Å². The van der Waals surface area contributed by atoms with Gasteiger partial charge in [0, 0.05) is 24.9 Å². The second-order valence-electron chi connectivity index (χ2n) is 6.27.